The van der Waals surface area contributed by atoms with E-state index >= 15 is 0 Å². The third kappa shape index (κ3) is 3.74. The summed E-state index contributed by atoms with van der Waals surface area (Å²) in [6.07, 6.45) is 2.35. The van der Waals surface area contributed by atoms with Crippen LogP contribution in [-0.2, 0) is 16.0 Å². The zero-order valence-electron chi connectivity index (χ0n) is 15.5. The average molecular weight is 363 g/mol. The van der Waals surface area contributed by atoms with Gasteiger partial charge >= 0.3 is 6.03 Å². The Bertz CT molecular complexity index is 913. The highest BCUT2D eigenvalue weighted by molar-refractivity contribution is 6.39. The van der Waals surface area contributed by atoms with Gasteiger partial charge in [0.05, 0.1) is 5.69 Å². The van der Waals surface area contributed by atoms with Crippen LogP contribution in [0.3, 0.4) is 0 Å². The minimum atomic E-state index is -0.741. The molecule has 1 N–H and O–H groups in total. The zero-order valence-corrected chi connectivity index (χ0v) is 15.5. The van der Waals surface area contributed by atoms with Gasteiger partial charge in [0.2, 0.25) is 0 Å². The van der Waals surface area contributed by atoms with Crippen molar-refractivity contribution in [2.45, 2.75) is 13.3 Å². The van der Waals surface area contributed by atoms with Crippen LogP contribution in [0, 0.1) is 0 Å². The minimum absolute atomic E-state index is 0.0771. The number of urea groups is 1. The zero-order chi connectivity index (χ0) is 19.6. The summed E-state index contributed by atoms with van der Waals surface area (Å²) in [6, 6.07) is 13.8. The molecule has 6 nitrogen and oxygen atoms in total. The topological polar surface area (TPSA) is 69.7 Å². The first kappa shape index (κ1) is 18.4. The van der Waals surface area contributed by atoms with Crippen molar-refractivity contribution >= 4 is 35.3 Å². The Kier molecular flexibility index (Phi) is 5.07. The smallest absolute Gasteiger partial charge is 0.335 e. The van der Waals surface area contributed by atoms with Gasteiger partial charge in [0, 0.05) is 19.8 Å². The van der Waals surface area contributed by atoms with Crippen molar-refractivity contribution in [1.29, 1.82) is 0 Å². The van der Waals surface area contributed by atoms with Gasteiger partial charge in [-0.05, 0) is 47.9 Å². The number of carbonyl (C=O) groups is 3. The number of anilines is 2. The van der Waals surface area contributed by atoms with E-state index in [0.717, 1.165) is 22.6 Å². The maximum absolute atomic E-state index is 12.8. The first-order valence-electron chi connectivity index (χ1n) is 8.68. The summed E-state index contributed by atoms with van der Waals surface area (Å²) in [4.78, 5) is 40.2. The van der Waals surface area contributed by atoms with E-state index in [1.54, 1.807) is 12.1 Å². The third-order valence-electron chi connectivity index (χ3n) is 4.42. The number of nitrogens with one attached hydrogen (secondary N) is 1. The summed E-state index contributed by atoms with van der Waals surface area (Å²) in [7, 11) is 3.86. The molecule has 0 radical (unpaired) electrons. The van der Waals surface area contributed by atoms with Crippen LogP contribution in [-0.4, -0.2) is 31.9 Å². The van der Waals surface area contributed by atoms with E-state index in [-0.39, 0.29) is 5.57 Å². The Hall–Kier alpha value is -3.41. The van der Waals surface area contributed by atoms with Gasteiger partial charge in [0.1, 0.15) is 5.57 Å². The number of hydrogen-bond acceptors (Lipinski definition) is 4. The fraction of sp³-hybridized carbons (Fsp3) is 0.190. The number of nitrogens with zero attached hydrogens (tertiary/aromatic N) is 2. The van der Waals surface area contributed by atoms with E-state index in [1.807, 2.05) is 62.3 Å². The molecular formula is C21H21N3O3. The molecule has 138 valence electrons. The number of aryl methyl sites for hydroxylation is 1. The van der Waals surface area contributed by atoms with E-state index in [9.17, 15) is 14.4 Å². The van der Waals surface area contributed by atoms with Crippen LogP contribution in [0.25, 0.3) is 6.08 Å². The Balaban J connectivity index is 1.93. The number of carbonyl (C=O) groups excluding carboxylic acids is 3. The van der Waals surface area contributed by atoms with E-state index < -0.39 is 17.8 Å². The molecule has 0 aromatic heterocycles. The molecule has 6 heteroatoms. The maximum Gasteiger partial charge on any atom is 0.335 e. The highest BCUT2D eigenvalue weighted by Gasteiger charge is 2.36. The van der Waals surface area contributed by atoms with Crippen molar-refractivity contribution in [2.75, 3.05) is 23.9 Å². The summed E-state index contributed by atoms with van der Waals surface area (Å²) in [5.41, 5.74) is 3.15. The molecular weight excluding hydrogens is 342 g/mol. The van der Waals surface area contributed by atoms with Crippen LogP contribution in [0.2, 0.25) is 0 Å². The second kappa shape index (κ2) is 7.45. The van der Waals surface area contributed by atoms with Crippen LogP contribution in [0.5, 0.6) is 0 Å². The molecule has 2 aromatic carbocycles. The summed E-state index contributed by atoms with van der Waals surface area (Å²) in [5.74, 6) is -1.33. The average Bonchev–Trinajstić information content (AvgIpc) is 2.66. The lowest BCUT2D eigenvalue weighted by Crippen LogP contribution is -2.54. The van der Waals surface area contributed by atoms with Crippen molar-refractivity contribution in [3.05, 3.63) is 65.2 Å². The Labute approximate surface area is 158 Å². The molecule has 0 unspecified atom stereocenters. The molecule has 0 atom stereocenters. The fourth-order valence-electron chi connectivity index (χ4n) is 2.81. The lowest BCUT2D eigenvalue weighted by Gasteiger charge is -2.26. The highest BCUT2D eigenvalue weighted by atomic mass is 16.2. The van der Waals surface area contributed by atoms with E-state index in [0.29, 0.717) is 11.3 Å². The van der Waals surface area contributed by atoms with Crippen molar-refractivity contribution in [2.24, 2.45) is 0 Å². The predicted octanol–water partition coefficient (Wildman–Crippen LogP) is 2.98. The van der Waals surface area contributed by atoms with Gasteiger partial charge in [-0.1, -0.05) is 31.2 Å². The molecule has 0 spiro atoms. The van der Waals surface area contributed by atoms with Crippen molar-refractivity contribution in [3.63, 3.8) is 0 Å². The molecule has 1 saturated heterocycles. The van der Waals surface area contributed by atoms with Crippen molar-refractivity contribution in [1.82, 2.24) is 5.32 Å². The van der Waals surface area contributed by atoms with Gasteiger partial charge in [-0.25, -0.2) is 9.69 Å². The largest absolute Gasteiger partial charge is 0.378 e. The molecule has 1 aliphatic rings. The lowest BCUT2D eigenvalue weighted by molar-refractivity contribution is -0.122. The van der Waals surface area contributed by atoms with Crippen LogP contribution in [0.4, 0.5) is 16.2 Å². The molecule has 0 aliphatic carbocycles. The molecule has 0 saturated carbocycles. The quantitative estimate of drug-likeness (QED) is 0.670. The van der Waals surface area contributed by atoms with Gasteiger partial charge < -0.3 is 4.90 Å². The van der Waals surface area contributed by atoms with Gasteiger partial charge in [0.15, 0.2) is 0 Å². The molecule has 4 amide bonds. The molecule has 3 rings (SSSR count). The van der Waals surface area contributed by atoms with Crippen molar-refractivity contribution in [3.8, 4) is 0 Å². The molecule has 1 fully saturated rings. The monoisotopic (exact) mass is 363 g/mol. The lowest BCUT2D eigenvalue weighted by atomic mass is 10.1. The highest BCUT2D eigenvalue weighted by Crippen LogP contribution is 2.23. The number of rotatable bonds is 4. The number of imide groups is 2. The van der Waals surface area contributed by atoms with Gasteiger partial charge in [-0.15, -0.1) is 0 Å². The number of hydrogen-bond donors (Lipinski definition) is 1. The first-order chi connectivity index (χ1) is 12.9. The minimum Gasteiger partial charge on any atom is -0.378 e. The van der Waals surface area contributed by atoms with Gasteiger partial charge in [-0.2, -0.15) is 0 Å². The summed E-state index contributed by atoms with van der Waals surface area (Å²) in [5, 5.41) is 2.24. The van der Waals surface area contributed by atoms with Crippen LogP contribution in [0.15, 0.2) is 54.1 Å². The number of benzene rings is 2. The van der Waals surface area contributed by atoms with E-state index in [1.165, 1.54) is 6.08 Å². The molecule has 27 heavy (non-hydrogen) atoms. The normalized spacial score (nSPS) is 15.9. The first-order valence-corrected chi connectivity index (χ1v) is 8.68. The van der Waals surface area contributed by atoms with E-state index in [4.69, 9.17) is 0 Å². The third-order valence-corrected chi connectivity index (χ3v) is 4.42. The Morgan fingerprint density at radius 1 is 0.963 bits per heavy atom. The molecule has 0 bridgehead atoms. The predicted molar refractivity (Wildman–Crippen MR) is 106 cm³/mol. The molecule has 1 heterocycles. The number of amides is 4. The maximum atomic E-state index is 12.8. The SMILES string of the molecule is CCc1ccc(N2C(=O)NC(=O)/C(=C/c3ccc(N(C)C)cc3)C2=O)cc1. The van der Waals surface area contributed by atoms with Crippen LogP contribution < -0.4 is 15.1 Å². The second-order valence-electron chi connectivity index (χ2n) is 6.46. The summed E-state index contributed by atoms with van der Waals surface area (Å²) in [6.45, 7) is 2.02. The summed E-state index contributed by atoms with van der Waals surface area (Å²) < 4.78 is 0. The fourth-order valence-corrected chi connectivity index (χ4v) is 2.81. The Morgan fingerprint density at radius 2 is 1.59 bits per heavy atom. The number of barbiturate groups is 1. The van der Waals surface area contributed by atoms with Crippen molar-refractivity contribution < 1.29 is 14.4 Å². The summed E-state index contributed by atoms with van der Waals surface area (Å²) >= 11 is 0. The Morgan fingerprint density at radius 3 is 2.15 bits per heavy atom. The van der Waals surface area contributed by atoms with Crippen LogP contribution >= 0.6 is 0 Å². The van der Waals surface area contributed by atoms with E-state index in [2.05, 4.69) is 5.32 Å². The van der Waals surface area contributed by atoms with Gasteiger partial charge in [-0.3, -0.25) is 14.9 Å². The second-order valence-corrected chi connectivity index (χ2v) is 6.46. The van der Waals surface area contributed by atoms with Crippen LogP contribution in [0.1, 0.15) is 18.1 Å². The molecule has 2 aromatic rings. The standard InChI is InChI=1S/C21H21N3O3/c1-4-14-5-11-17(12-6-14)24-20(26)18(19(25)22-21(24)27)13-15-7-9-16(10-8-15)23(2)3/h5-13H,4H2,1-3H3,(H,22,25,27)/b18-13-. The van der Waals surface area contributed by atoms with Gasteiger partial charge in [0.25, 0.3) is 11.8 Å². The molecule has 1 aliphatic heterocycles.